The molecule has 0 saturated carbocycles. The average Bonchev–Trinajstić information content (AvgIpc) is 2.40. The minimum absolute atomic E-state index is 0.386. The van der Waals surface area contributed by atoms with Crippen LogP contribution in [0.1, 0.15) is 18.9 Å². The van der Waals surface area contributed by atoms with Gasteiger partial charge < -0.3 is 9.47 Å². The van der Waals surface area contributed by atoms with Crippen molar-refractivity contribution in [3.63, 3.8) is 0 Å². The first-order valence-electron chi connectivity index (χ1n) is 6.24. The van der Waals surface area contributed by atoms with Gasteiger partial charge in [-0.15, -0.1) is 11.6 Å². The summed E-state index contributed by atoms with van der Waals surface area (Å²) < 4.78 is 10.5. The van der Waals surface area contributed by atoms with E-state index in [1.54, 1.807) is 19.1 Å². The molecule has 0 bridgehead atoms. The Bertz CT molecular complexity index is 412. The van der Waals surface area contributed by atoms with Gasteiger partial charge in [0, 0.05) is 18.1 Å². The second kappa shape index (κ2) is 8.73. The lowest BCUT2D eigenvalue weighted by Gasteiger charge is -2.06. The predicted octanol–water partition coefficient (Wildman–Crippen LogP) is 3.36. The second-order valence-corrected chi connectivity index (χ2v) is 4.60. The van der Waals surface area contributed by atoms with E-state index in [0.717, 1.165) is 18.4 Å². The normalized spacial score (nSPS) is 10.2. The Morgan fingerprint density at radius 1 is 1.26 bits per heavy atom. The molecule has 0 saturated heterocycles. The molecule has 19 heavy (non-hydrogen) atoms. The van der Waals surface area contributed by atoms with E-state index in [4.69, 9.17) is 21.1 Å². The van der Waals surface area contributed by atoms with E-state index in [2.05, 4.69) is 6.58 Å². The zero-order valence-corrected chi connectivity index (χ0v) is 11.9. The molecule has 0 radical (unpaired) electrons. The van der Waals surface area contributed by atoms with Crippen LogP contribution in [-0.4, -0.2) is 25.1 Å². The lowest BCUT2D eigenvalue weighted by atomic mass is 10.1. The fraction of sp³-hybridized carbons (Fsp3) is 0.400. The van der Waals surface area contributed by atoms with E-state index in [0.29, 0.717) is 30.4 Å². The number of halogens is 1. The number of esters is 1. The summed E-state index contributed by atoms with van der Waals surface area (Å²) in [6.07, 6.45) is 1.70. The number of carbonyl (C=O) groups is 1. The summed E-state index contributed by atoms with van der Waals surface area (Å²) in [4.78, 5) is 11.3. The molecule has 0 aliphatic heterocycles. The van der Waals surface area contributed by atoms with E-state index >= 15 is 0 Å². The molecule has 0 heterocycles. The monoisotopic (exact) mass is 282 g/mol. The largest absolute Gasteiger partial charge is 0.423 e. The van der Waals surface area contributed by atoms with Gasteiger partial charge in [-0.05, 0) is 37.5 Å². The molecule has 0 atom stereocenters. The summed E-state index contributed by atoms with van der Waals surface area (Å²) >= 11 is 5.55. The van der Waals surface area contributed by atoms with Crippen molar-refractivity contribution in [3.8, 4) is 5.75 Å². The zero-order chi connectivity index (χ0) is 14.1. The van der Waals surface area contributed by atoms with Crippen molar-refractivity contribution in [1.29, 1.82) is 0 Å². The van der Waals surface area contributed by atoms with Crippen molar-refractivity contribution < 1.29 is 14.3 Å². The van der Waals surface area contributed by atoms with Crippen LogP contribution in [0.25, 0.3) is 0 Å². The van der Waals surface area contributed by atoms with Gasteiger partial charge in [0.25, 0.3) is 0 Å². The van der Waals surface area contributed by atoms with Crippen LogP contribution in [0.15, 0.2) is 36.4 Å². The maximum absolute atomic E-state index is 11.3. The Hall–Kier alpha value is -1.32. The number of rotatable bonds is 8. The first kappa shape index (κ1) is 15.7. The molecule has 104 valence electrons. The molecule has 0 aliphatic carbocycles. The maximum Gasteiger partial charge on any atom is 0.338 e. The Labute approximate surface area is 119 Å². The smallest absolute Gasteiger partial charge is 0.338 e. The highest BCUT2D eigenvalue weighted by atomic mass is 35.5. The maximum atomic E-state index is 11.3. The molecular formula is C15H19ClO3. The lowest BCUT2D eigenvalue weighted by Crippen LogP contribution is -2.08. The van der Waals surface area contributed by atoms with Crippen molar-refractivity contribution in [2.24, 2.45) is 0 Å². The standard InChI is InChI=1S/C15H19ClO3/c1-12(2)15(17)19-14-6-4-13(5-7-14)8-11-18-10-3-9-16/h4-7H,1,3,8-11H2,2H3. The van der Waals surface area contributed by atoms with Crippen LogP contribution in [-0.2, 0) is 16.0 Å². The van der Waals surface area contributed by atoms with Crippen LogP contribution in [0.2, 0.25) is 0 Å². The molecule has 0 unspecified atom stereocenters. The molecule has 1 aromatic rings. The van der Waals surface area contributed by atoms with Gasteiger partial charge in [-0.1, -0.05) is 18.7 Å². The van der Waals surface area contributed by atoms with Gasteiger partial charge in [0.15, 0.2) is 0 Å². The number of ether oxygens (including phenoxy) is 2. The molecular weight excluding hydrogens is 264 g/mol. The van der Waals surface area contributed by atoms with E-state index in [1.807, 2.05) is 12.1 Å². The molecule has 0 aliphatic rings. The zero-order valence-electron chi connectivity index (χ0n) is 11.2. The van der Waals surface area contributed by atoms with Crippen LogP contribution in [0.3, 0.4) is 0 Å². The van der Waals surface area contributed by atoms with E-state index in [-0.39, 0.29) is 0 Å². The molecule has 3 nitrogen and oxygen atoms in total. The summed E-state index contributed by atoms with van der Waals surface area (Å²) in [7, 11) is 0. The van der Waals surface area contributed by atoms with Crippen molar-refractivity contribution in [2.45, 2.75) is 19.8 Å². The Morgan fingerprint density at radius 3 is 2.53 bits per heavy atom. The number of hydrogen-bond acceptors (Lipinski definition) is 3. The third-order valence-electron chi connectivity index (χ3n) is 2.44. The molecule has 0 N–H and O–H groups in total. The summed E-state index contributed by atoms with van der Waals surface area (Å²) in [6.45, 7) is 6.51. The highest BCUT2D eigenvalue weighted by Crippen LogP contribution is 2.14. The topological polar surface area (TPSA) is 35.5 Å². The first-order chi connectivity index (χ1) is 9.13. The number of carbonyl (C=O) groups excluding carboxylic acids is 1. The lowest BCUT2D eigenvalue weighted by molar-refractivity contribution is -0.130. The van der Waals surface area contributed by atoms with Crippen LogP contribution in [0.5, 0.6) is 5.75 Å². The van der Waals surface area contributed by atoms with Gasteiger partial charge in [-0.3, -0.25) is 0 Å². The number of hydrogen-bond donors (Lipinski definition) is 0. The number of benzene rings is 1. The third-order valence-corrected chi connectivity index (χ3v) is 2.71. The molecule has 1 aromatic carbocycles. The van der Waals surface area contributed by atoms with Gasteiger partial charge in [-0.25, -0.2) is 4.79 Å². The molecule has 0 fully saturated rings. The summed E-state index contributed by atoms with van der Waals surface area (Å²) in [5.41, 5.74) is 1.53. The highest BCUT2D eigenvalue weighted by Gasteiger charge is 2.04. The predicted molar refractivity (Wildman–Crippen MR) is 76.8 cm³/mol. The fourth-order valence-corrected chi connectivity index (χ4v) is 1.48. The van der Waals surface area contributed by atoms with Crippen molar-refractivity contribution >= 4 is 17.6 Å². The first-order valence-corrected chi connectivity index (χ1v) is 6.77. The second-order valence-electron chi connectivity index (χ2n) is 4.22. The molecule has 0 aromatic heterocycles. The van der Waals surface area contributed by atoms with Gasteiger partial charge >= 0.3 is 5.97 Å². The minimum atomic E-state index is -0.405. The molecule has 1 rings (SSSR count). The van der Waals surface area contributed by atoms with Crippen LogP contribution >= 0.6 is 11.6 Å². The average molecular weight is 283 g/mol. The SMILES string of the molecule is C=C(C)C(=O)Oc1ccc(CCOCCCCl)cc1. The summed E-state index contributed by atoms with van der Waals surface area (Å²) in [5.74, 6) is 0.750. The highest BCUT2D eigenvalue weighted by molar-refractivity contribution is 6.17. The quantitative estimate of drug-likeness (QED) is 0.241. The summed E-state index contributed by atoms with van der Waals surface area (Å²) in [6, 6.07) is 7.39. The minimum Gasteiger partial charge on any atom is -0.423 e. The van der Waals surface area contributed by atoms with Gasteiger partial charge in [0.05, 0.1) is 6.61 Å². The fourth-order valence-electron chi connectivity index (χ4n) is 1.37. The van der Waals surface area contributed by atoms with E-state index in [1.165, 1.54) is 0 Å². The van der Waals surface area contributed by atoms with Crippen molar-refractivity contribution in [1.82, 2.24) is 0 Å². The molecule has 4 heteroatoms. The molecule has 0 amide bonds. The van der Waals surface area contributed by atoms with E-state index < -0.39 is 5.97 Å². The Kier molecular flexibility index (Phi) is 7.23. The van der Waals surface area contributed by atoms with E-state index in [9.17, 15) is 4.79 Å². The van der Waals surface area contributed by atoms with Crippen LogP contribution in [0, 0.1) is 0 Å². The Balaban J connectivity index is 2.35. The van der Waals surface area contributed by atoms with Crippen LogP contribution < -0.4 is 4.74 Å². The van der Waals surface area contributed by atoms with Crippen molar-refractivity contribution in [3.05, 3.63) is 42.0 Å². The van der Waals surface area contributed by atoms with Crippen molar-refractivity contribution in [2.75, 3.05) is 19.1 Å². The molecule has 0 spiro atoms. The Morgan fingerprint density at radius 2 is 1.95 bits per heavy atom. The van der Waals surface area contributed by atoms with Gasteiger partial charge in [-0.2, -0.15) is 0 Å². The summed E-state index contributed by atoms with van der Waals surface area (Å²) in [5, 5.41) is 0. The van der Waals surface area contributed by atoms with Gasteiger partial charge in [0.2, 0.25) is 0 Å². The third kappa shape index (κ3) is 6.41. The number of alkyl halides is 1. The van der Waals surface area contributed by atoms with Gasteiger partial charge in [0.1, 0.15) is 5.75 Å². The van der Waals surface area contributed by atoms with Crippen LogP contribution in [0.4, 0.5) is 0 Å².